The minimum absolute atomic E-state index is 0.211. The van der Waals surface area contributed by atoms with Crippen molar-refractivity contribution in [1.29, 1.82) is 0 Å². The normalized spacial score (nSPS) is 14.4. The van der Waals surface area contributed by atoms with Crippen LogP contribution in [-0.2, 0) is 4.74 Å². The van der Waals surface area contributed by atoms with Gasteiger partial charge in [0.05, 0.1) is 0 Å². The van der Waals surface area contributed by atoms with Gasteiger partial charge in [-0.25, -0.2) is 0 Å². The van der Waals surface area contributed by atoms with Gasteiger partial charge in [0.2, 0.25) is 0 Å². The van der Waals surface area contributed by atoms with Crippen LogP contribution < -0.4 is 0 Å². The maximum Gasteiger partial charge on any atom is 0.0462 e. The van der Waals surface area contributed by atoms with Crippen LogP contribution in [0.1, 0.15) is 106 Å². The van der Waals surface area contributed by atoms with Gasteiger partial charge in [-0.15, -0.1) is 0 Å². The fourth-order valence-corrected chi connectivity index (χ4v) is 3.63. The van der Waals surface area contributed by atoms with Gasteiger partial charge in [0.25, 0.3) is 0 Å². The number of hydrogen-bond donors (Lipinski definition) is 0. The number of rotatable bonds is 18. The lowest BCUT2D eigenvalue weighted by Crippen LogP contribution is -2.08. The molecule has 0 amide bonds. The Morgan fingerprint density at radius 2 is 1.03 bits per heavy atom. The number of unbranched alkanes of at least 4 members (excludes halogenated alkanes) is 4. The van der Waals surface area contributed by atoms with Crippen LogP contribution in [0, 0.1) is 16.2 Å². The Bertz CT molecular complexity index is 596. The zero-order valence-electron chi connectivity index (χ0n) is 22.8. The van der Waals surface area contributed by atoms with E-state index in [1.54, 1.807) is 7.11 Å². The van der Waals surface area contributed by atoms with Crippen LogP contribution >= 0.6 is 0 Å². The number of methoxy groups -OCH3 is 1. The first kappa shape index (κ1) is 30.7. The smallest absolute Gasteiger partial charge is 0.0462 e. The highest BCUT2D eigenvalue weighted by Gasteiger charge is 2.14. The van der Waals surface area contributed by atoms with Crippen molar-refractivity contribution in [2.45, 2.75) is 106 Å². The van der Waals surface area contributed by atoms with E-state index in [1.165, 1.54) is 25.7 Å². The Labute approximate surface area is 201 Å². The Morgan fingerprint density at radius 1 is 0.531 bits per heavy atom. The molecule has 0 aromatic carbocycles. The molecule has 0 fully saturated rings. The molecule has 0 rings (SSSR count). The molecule has 0 saturated heterocycles. The summed E-state index contributed by atoms with van der Waals surface area (Å²) in [5.74, 6) is 0. The summed E-state index contributed by atoms with van der Waals surface area (Å²) in [6.07, 6.45) is 33.8. The Hall–Kier alpha value is -1.34. The van der Waals surface area contributed by atoms with Crippen molar-refractivity contribution in [2.24, 2.45) is 16.2 Å². The molecule has 0 aromatic heterocycles. The second-order valence-electron chi connectivity index (χ2n) is 11.2. The van der Waals surface area contributed by atoms with Crippen LogP contribution in [0.25, 0.3) is 0 Å². The van der Waals surface area contributed by atoms with Gasteiger partial charge in [0.15, 0.2) is 0 Å². The van der Waals surface area contributed by atoms with E-state index in [-0.39, 0.29) is 16.2 Å². The van der Waals surface area contributed by atoms with E-state index < -0.39 is 0 Å². The predicted molar refractivity (Wildman–Crippen MR) is 146 cm³/mol. The first-order chi connectivity index (χ1) is 15.0. The Morgan fingerprint density at radius 3 is 1.62 bits per heavy atom. The zero-order chi connectivity index (χ0) is 24.3. The van der Waals surface area contributed by atoms with E-state index in [4.69, 9.17) is 4.74 Å². The molecular formula is C31H54O. The van der Waals surface area contributed by atoms with E-state index in [0.717, 1.165) is 38.7 Å². The summed E-state index contributed by atoms with van der Waals surface area (Å²) in [7, 11) is 1.78. The van der Waals surface area contributed by atoms with E-state index in [1.807, 2.05) is 0 Å². The van der Waals surface area contributed by atoms with Gasteiger partial charge in [-0.3, -0.25) is 0 Å². The molecule has 0 atom stereocenters. The average molecular weight is 443 g/mol. The van der Waals surface area contributed by atoms with Gasteiger partial charge in [-0.1, -0.05) is 109 Å². The van der Waals surface area contributed by atoms with Crippen LogP contribution in [0.15, 0.2) is 60.8 Å². The monoisotopic (exact) mass is 442 g/mol. The van der Waals surface area contributed by atoms with Crippen molar-refractivity contribution in [1.82, 2.24) is 0 Å². The van der Waals surface area contributed by atoms with E-state index in [0.29, 0.717) is 0 Å². The fraction of sp³-hybridized carbons (Fsp3) is 0.677. The third-order valence-corrected chi connectivity index (χ3v) is 5.74. The van der Waals surface area contributed by atoms with Gasteiger partial charge in [0, 0.05) is 13.7 Å². The molecule has 0 spiro atoms. The van der Waals surface area contributed by atoms with E-state index >= 15 is 0 Å². The van der Waals surface area contributed by atoms with Crippen molar-refractivity contribution >= 4 is 0 Å². The van der Waals surface area contributed by atoms with Crippen LogP contribution in [-0.4, -0.2) is 13.7 Å². The number of allylic oxidation sites excluding steroid dienone is 10. The van der Waals surface area contributed by atoms with Crippen molar-refractivity contribution in [3.05, 3.63) is 60.8 Å². The molecule has 0 heterocycles. The maximum atomic E-state index is 5.10. The van der Waals surface area contributed by atoms with Gasteiger partial charge >= 0.3 is 0 Å². The molecule has 0 aromatic rings. The summed E-state index contributed by atoms with van der Waals surface area (Å²) in [4.78, 5) is 0. The molecule has 32 heavy (non-hydrogen) atoms. The van der Waals surface area contributed by atoms with Gasteiger partial charge in [-0.05, 0) is 74.5 Å². The van der Waals surface area contributed by atoms with Gasteiger partial charge in [-0.2, -0.15) is 0 Å². The molecule has 1 heteroatoms. The number of hydrogen-bond acceptors (Lipinski definition) is 1. The first-order valence-electron chi connectivity index (χ1n) is 12.8. The largest absolute Gasteiger partial charge is 0.385 e. The van der Waals surface area contributed by atoms with Crippen molar-refractivity contribution in [3.8, 4) is 0 Å². The van der Waals surface area contributed by atoms with Crippen LogP contribution in [0.3, 0.4) is 0 Å². The summed E-state index contributed by atoms with van der Waals surface area (Å²) in [6.45, 7) is 16.9. The summed E-state index contributed by atoms with van der Waals surface area (Å²) in [5.41, 5.74) is 0.698. The molecular weight excluding hydrogens is 388 g/mol. The quantitative estimate of drug-likeness (QED) is 0.151. The minimum atomic E-state index is 0.211. The molecule has 0 unspecified atom stereocenters. The SMILES string of the molecule is C/C=C/C(C)(C)C/C=C/CC/C=C/C(C)(C)C/C=C/C(C)(C)C/C=C/CCCCCOC. The lowest BCUT2D eigenvalue weighted by molar-refractivity contribution is 0.192. The lowest BCUT2D eigenvalue weighted by Gasteiger charge is -2.21. The van der Waals surface area contributed by atoms with E-state index in [2.05, 4.69) is 109 Å². The van der Waals surface area contributed by atoms with E-state index in [9.17, 15) is 0 Å². The molecule has 0 aliphatic rings. The third kappa shape index (κ3) is 19.4. The Balaban J connectivity index is 4.20. The Kier molecular flexibility index (Phi) is 16.5. The van der Waals surface area contributed by atoms with Crippen LogP contribution in [0.2, 0.25) is 0 Å². The minimum Gasteiger partial charge on any atom is -0.385 e. The highest BCUT2D eigenvalue weighted by atomic mass is 16.5. The van der Waals surface area contributed by atoms with Crippen LogP contribution in [0.4, 0.5) is 0 Å². The molecule has 1 nitrogen and oxygen atoms in total. The second kappa shape index (κ2) is 17.2. The molecule has 0 N–H and O–H groups in total. The second-order valence-corrected chi connectivity index (χ2v) is 11.2. The summed E-state index contributed by atoms with van der Waals surface area (Å²) >= 11 is 0. The average Bonchev–Trinajstić information content (AvgIpc) is 2.68. The van der Waals surface area contributed by atoms with Crippen molar-refractivity contribution < 1.29 is 4.74 Å². The van der Waals surface area contributed by atoms with Crippen molar-refractivity contribution in [2.75, 3.05) is 13.7 Å². The predicted octanol–water partition coefficient (Wildman–Crippen LogP) is 10.0. The summed E-state index contributed by atoms with van der Waals surface area (Å²) in [6, 6.07) is 0. The fourth-order valence-electron chi connectivity index (χ4n) is 3.63. The van der Waals surface area contributed by atoms with Crippen LogP contribution in [0.5, 0.6) is 0 Å². The lowest BCUT2D eigenvalue weighted by atomic mass is 9.84. The van der Waals surface area contributed by atoms with Crippen molar-refractivity contribution in [3.63, 3.8) is 0 Å². The molecule has 0 radical (unpaired) electrons. The first-order valence-corrected chi connectivity index (χ1v) is 12.8. The molecule has 0 bridgehead atoms. The highest BCUT2D eigenvalue weighted by Crippen LogP contribution is 2.28. The summed E-state index contributed by atoms with van der Waals surface area (Å²) < 4.78 is 5.10. The molecule has 0 saturated carbocycles. The molecule has 0 aliphatic carbocycles. The zero-order valence-corrected chi connectivity index (χ0v) is 22.8. The highest BCUT2D eigenvalue weighted by molar-refractivity contribution is 5.05. The molecule has 0 aliphatic heterocycles. The molecule has 184 valence electrons. The van der Waals surface area contributed by atoms with Gasteiger partial charge in [0.1, 0.15) is 0 Å². The maximum absolute atomic E-state index is 5.10. The summed E-state index contributed by atoms with van der Waals surface area (Å²) in [5, 5.41) is 0. The topological polar surface area (TPSA) is 9.23 Å². The third-order valence-electron chi connectivity index (χ3n) is 5.74. The standard InChI is InChI=1S/C31H54O/c1-9-22-29(2,3)23-17-14-12-15-19-25-31(6,7)27-21-26-30(4,5)24-18-13-10-11-16-20-28-32-8/h9,13-14,17-19,21-22,25-26H,10-12,15-16,20,23-24,27-28H2,1-8H3/b17-14+,18-13+,22-9+,25-19+,26-21+. The number of ether oxygens (including phenoxy) is 1. The van der Waals surface area contributed by atoms with Gasteiger partial charge < -0.3 is 4.74 Å².